The lowest BCUT2D eigenvalue weighted by atomic mass is 9.80. The van der Waals surface area contributed by atoms with E-state index in [2.05, 4.69) is 17.2 Å². The number of hydrogen-bond acceptors (Lipinski definition) is 1. The standard InChI is InChI=1S/C10H14FNO/c1-2-4-9(13)12-8-7-10(11)5-3-6-10/h3,5-8H2,1H3,(H,12,13). The molecule has 0 heterocycles. The summed E-state index contributed by atoms with van der Waals surface area (Å²) >= 11 is 0. The van der Waals surface area contributed by atoms with Gasteiger partial charge in [-0.25, -0.2) is 4.39 Å². The molecule has 1 rings (SSSR count). The average Bonchev–Trinajstić information content (AvgIpc) is 2.02. The lowest BCUT2D eigenvalue weighted by Gasteiger charge is -2.33. The van der Waals surface area contributed by atoms with Crippen molar-refractivity contribution in [3.8, 4) is 11.8 Å². The Hall–Kier alpha value is -1.04. The van der Waals surface area contributed by atoms with Crippen LogP contribution in [0.4, 0.5) is 4.39 Å². The number of carbonyl (C=O) groups excluding carboxylic acids is 1. The molecule has 0 aromatic heterocycles. The Bertz CT molecular complexity index is 247. The first-order chi connectivity index (χ1) is 6.16. The van der Waals surface area contributed by atoms with Gasteiger partial charge in [-0.3, -0.25) is 4.79 Å². The van der Waals surface area contributed by atoms with E-state index in [0.29, 0.717) is 25.8 Å². The minimum absolute atomic E-state index is 0.314. The van der Waals surface area contributed by atoms with Crippen LogP contribution in [0.2, 0.25) is 0 Å². The van der Waals surface area contributed by atoms with Crippen LogP contribution in [0.3, 0.4) is 0 Å². The van der Waals surface area contributed by atoms with Crippen LogP contribution < -0.4 is 5.32 Å². The minimum Gasteiger partial charge on any atom is -0.345 e. The van der Waals surface area contributed by atoms with E-state index in [-0.39, 0.29) is 5.91 Å². The summed E-state index contributed by atoms with van der Waals surface area (Å²) in [6, 6.07) is 0. The molecule has 0 radical (unpaired) electrons. The van der Waals surface area contributed by atoms with Gasteiger partial charge in [0.25, 0.3) is 5.91 Å². The molecule has 3 heteroatoms. The Morgan fingerprint density at radius 1 is 1.62 bits per heavy atom. The largest absolute Gasteiger partial charge is 0.345 e. The van der Waals surface area contributed by atoms with Crippen LogP contribution >= 0.6 is 0 Å². The lowest BCUT2D eigenvalue weighted by molar-refractivity contribution is -0.115. The van der Waals surface area contributed by atoms with Crippen LogP contribution in [0.15, 0.2) is 0 Å². The van der Waals surface area contributed by atoms with Crippen molar-refractivity contribution in [3.05, 3.63) is 0 Å². The van der Waals surface area contributed by atoms with Gasteiger partial charge in [-0.2, -0.15) is 0 Å². The fourth-order valence-electron chi connectivity index (χ4n) is 1.37. The minimum atomic E-state index is -1.01. The maximum atomic E-state index is 13.4. The zero-order valence-corrected chi connectivity index (χ0v) is 7.82. The predicted molar refractivity (Wildman–Crippen MR) is 48.8 cm³/mol. The number of nitrogens with one attached hydrogen (secondary N) is 1. The molecular weight excluding hydrogens is 169 g/mol. The van der Waals surface area contributed by atoms with Crippen molar-refractivity contribution in [2.24, 2.45) is 0 Å². The van der Waals surface area contributed by atoms with Crippen LogP contribution in [0.5, 0.6) is 0 Å². The van der Waals surface area contributed by atoms with Crippen molar-refractivity contribution in [2.45, 2.75) is 38.3 Å². The first-order valence-corrected chi connectivity index (χ1v) is 4.56. The highest BCUT2D eigenvalue weighted by molar-refractivity contribution is 5.93. The Balaban J connectivity index is 2.12. The molecule has 13 heavy (non-hydrogen) atoms. The summed E-state index contributed by atoms with van der Waals surface area (Å²) in [5.41, 5.74) is -1.01. The molecule has 1 saturated carbocycles. The highest BCUT2D eigenvalue weighted by Gasteiger charge is 2.36. The molecule has 1 aliphatic rings. The normalized spacial score (nSPS) is 18.0. The molecule has 0 unspecified atom stereocenters. The molecule has 1 N–H and O–H groups in total. The van der Waals surface area contributed by atoms with E-state index >= 15 is 0 Å². The molecular formula is C10H14FNO. The summed E-state index contributed by atoms with van der Waals surface area (Å²) in [6.45, 7) is 1.99. The van der Waals surface area contributed by atoms with E-state index in [1.807, 2.05) is 0 Å². The number of alkyl halides is 1. The molecule has 72 valence electrons. The van der Waals surface area contributed by atoms with E-state index in [1.54, 1.807) is 6.92 Å². The molecule has 0 aliphatic heterocycles. The molecule has 1 amide bonds. The van der Waals surface area contributed by atoms with Gasteiger partial charge >= 0.3 is 0 Å². The smallest absolute Gasteiger partial charge is 0.295 e. The van der Waals surface area contributed by atoms with Gasteiger partial charge in [0.1, 0.15) is 5.67 Å². The van der Waals surface area contributed by atoms with Gasteiger partial charge in [0, 0.05) is 6.54 Å². The third-order valence-corrected chi connectivity index (χ3v) is 2.35. The summed E-state index contributed by atoms with van der Waals surface area (Å²) in [7, 11) is 0. The molecule has 0 spiro atoms. The predicted octanol–water partition coefficient (Wildman–Crippen LogP) is 1.41. The van der Waals surface area contributed by atoms with Gasteiger partial charge < -0.3 is 5.32 Å². The zero-order valence-electron chi connectivity index (χ0n) is 7.82. The van der Waals surface area contributed by atoms with Crippen LogP contribution in [-0.4, -0.2) is 18.1 Å². The summed E-state index contributed by atoms with van der Waals surface area (Å²) in [6.07, 6.45) is 2.67. The third kappa shape index (κ3) is 3.06. The Labute approximate surface area is 77.9 Å². The lowest BCUT2D eigenvalue weighted by Crippen LogP contribution is -2.36. The van der Waals surface area contributed by atoms with Crippen molar-refractivity contribution in [1.82, 2.24) is 5.32 Å². The third-order valence-electron chi connectivity index (χ3n) is 2.35. The van der Waals surface area contributed by atoms with E-state index in [1.165, 1.54) is 0 Å². The number of rotatable bonds is 3. The molecule has 0 saturated heterocycles. The van der Waals surface area contributed by atoms with E-state index < -0.39 is 5.67 Å². The first kappa shape index (κ1) is 10.0. The molecule has 2 nitrogen and oxygen atoms in total. The molecule has 1 aliphatic carbocycles. The fraction of sp³-hybridized carbons (Fsp3) is 0.700. The summed E-state index contributed by atoms with van der Waals surface area (Å²) in [5.74, 6) is 4.52. The van der Waals surface area contributed by atoms with E-state index in [4.69, 9.17) is 0 Å². The highest BCUT2D eigenvalue weighted by atomic mass is 19.1. The molecule has 1 fully saturated rings. The van der Waals surface area contributed by atoms with Gasteiger partial charge in [-0.15, -0.1) is 0 Å². The van der Waals surface area contributed by atoms with E-state index in [0.717, 1.165) is 6.42 Å². The number of amides is 1. The average molecular weight is 183 g/mol. The van der Waals surface area contributed by atoms with Crippen LogP contribution in [0.25, 0.3) is 0 Å². The first-order valence-electron chi connectivity index (χ1n) is 4.56. The van der Waals surface area contributed by atoms with Gasteiger partial charge in [0.05, 0.1) is 0 Å². The van der Waals surface area contributed by atoms with Crippen molar-refractivity contribution < 1.29 is 9.18 Å². The Morgan fingerprint density at radius 2 is 2.31 bits per heavy atom. The number of halogens is 1. The maximum Gasteiger partial charge on any atom is 0.295 e. The van der Waals surface area contributed by atoms with Crippen LogP contribution in [-0.2, 0) is 4.79 Å². The van der Waals surface area contributed by atoms with Crippen molar-refractivity contribution in [2.75, 3.05) is 6.54 Å². The van der Waals surface area contributed by atoms with E-state index in [9.17, 15) is 9.18 Å². The molecule has 0 aromatic rings. The quantitative estimate of drug-likeness (QED) is 0.658. The zero-order chi connectivity index (χ0) is 9.73. The molecule has 0 aromatic carbocycles. The van der Waals surface area contributed by atoms with Gasteiger partial charge in [0.15, 0.2) is 0 Å². The molecule has 0 bridgehead atoms. The second-order valence-electron chi connectivity index (χ2n) is 3.39. The van der Waals surface area contributed by atoms with Gasteiger partial charge in [-0.05, 0) is 38.5 Å². The number of carbonyl (C=O) groups is 1. The van der Waals surface area contributed by atoms with Gasteiger partial charge in [0.2, 0.25) is 0 Å². The second-order valence-corrected chi connectivity index (χ2v) is 3.39. The molecule has 0 atom stereocenters. The summed E-state index contributed by atoms with van der Waals surface area (Å²) in [4.78, 5) is 10.8. The number of hydrogen-bond donors (Lipinski definition) is 1. The second kappa shape index (κ2) is 4.27. The monoisotopic (exact) mass is 183 g/mol. The Kier molecular flexibility index (Phi) is 3.30. The van der Waals surface area contributed by atoms with Crippen LogP contribution in [0, 0.1) is 11.8 Å². The Morgan fingerprint density at radius 3 is 2.77 bits per heavy atom. The topological polar surface area (TPSA) is 29.1 Å². The fourth-order valence-corrected chi connectivity index (χ4v) is 1.37. The SMILES string of the molecule is CC#CC(=O)NCCC1(F)CCC1. The van der Waals surface area contributed by atoms with Crippen molar-refractivity contribution in [1.29, 1.82) is 0 Å². The van der Waals surface area contributed by atoms with Crippen LogP contribution in [0.1, 0.15) is 32.6 Å². The maximum absolute atomic E-state index is 13.4. The van der Waals surface area contributed by atoms with Gasteiger partial charge in [-0.1, -0.05) is 5.92 Å². The summed E-state index contributed by atoms with van der Waals surface area (Å²) in [5, 5.41) is 2.56. The summed E-state index contributed by atoms with van der Waals surface area (Å²) < 4.78 is 13.4. The van der Waals surface area contributed by atoms with Crippen molar-refractivity contribution >= 4 is 5.91 Å². The van der Waals surface area contributed by atoms with Crippen molar-refractivity contribution in [3.63, 3.8) is 0 Å². The highest BCUT2D eigenvalue weighted by Crippen LogP contribution is 2.38.